The van der Waals surface area contributed by atoms with E-state index in [0.29, 0.717) is 17.9 Å². The van der Waals surface area contributed by atoms with Gasteiger partial charge in [-0.15, -0.1) is 0 Å². The summed E-state index contributed by atoms with van der Waals surface area (Å²) >= 11 is 0. The summed E-state index contributed by atoms with van der Waals surface area (Å²) in [6.07, 6.45) is 1.92. The van der Waals surface area contributed by atoms with Gasteiger partial charge < -0.3 is 23.8 Å². The molecule has 0 bridgehead atoms. The number of aryl methyl sites for hydroxylation is 2. The van der Waals surface area contributed by atoms with Gasteiger partial charge in [-0.2, -0.15) is 0 Å². The van der Waals surface area contributed by atoms with Crippen LogP contribution in [0.15, 0.2) is 37.1 Å². The Morgan fingerprint density at radius 1 is 1.17 bits per heavy atom. The Morgan fingerprint density at radius 2 is 1.78 bits per heavy atom. The van der Waals surface area contributed by atoms with Gasteiger partial charge in [0.15, 0.2) is 5.76 Å². The van der Waals surface area contributed by atoms with Gasteiger partial charge in [0.25, 0.3) is 5.95 Å². The predicted octanol–water partition coefficient (Wildman–Crippen LogP) is 2.21. The maximum absolute atomic E-state index is 11.0. The first kappa shape index (κ1) is 18.1. The lowest BCUT2D eigenvalue weighted by Crippen LogP contribution is -2.02. The van der Waals surface area contributed by atoms with Crippen molar-refractivity contribution in [2.24, 2.45) is 0 Å². The van der Waals surface area contributed by atoms with Gasteiger partial charge in [-0.05, 0) is 13.0 Å². The molecule has 0 saturated heterocycles. The number of hydrogen-bond donors (Lipinski definition) is 2. The van der Waals surface area contributed by atoms with Gasteiger partial charge in [-0.3, -0.25) is 9.59 Å². The molecule has 2 rings (SSSR count). The number of ether oxygens (including phenoxy) is 1. The van der Waals surface area contributed by atoms with Crippen LogP contribution < -0.4 is 15.6 Å². The molecule has 2 N–H and O–H groups in total. The molecule has 0 amide bonds. The predicted molar refractivity (Wildman–Crippen MR) is 84.0 cm³/mol. The fraction of sp³-hybridized carbons (Fsp3) is 0.250. The van der Waals surface area contributed by atoms with Crippen molar-refractivity contribution in [1.29, 1.82) is 0 Å². The third-order valence-corrected chi connectivity index (χ3v) is 2.80. The molecule has 7 nitrogen and oxygen atoms in total. The fourth-order valence-electron chi connectivity index (χ4n) is 1.57. The van der Waals surface area contributed by atoms with E-state index < -0.39 is 10.9 Å². The molecule has 0 aliphatic carbocycles. The maximum Gasteiger partial charge on any atom is 0.288 e. The minimum absolute atomic E-state index is 0.102. The van der Waals surface area contributed by atoms with Crippen molar-refractivity contribution >= 4 is 6.08 Å². The fourth-order valence-corrected chi connectivity index (χ4v) is 1.57. The van der Waals surface area contributed by atoms with Gasteiger partial charge in [0.2, 0.25) is 22.4 Å². The van der Waals surface area contributed by atoms with Crippen molar-refractivity contribution in [2.45, 2.75) is 20.3 Å². The highest BCUT2D eigenvalue weighted by molar-refractivity contribution is 5.41. The molecule has 0 saturated carbocycles. The summed E-state index contributed by atoms with van der Waals surface area (Å²) in [5, 5.41) is 18.1. The summed E-state index contributed by atoms with van der Waals surface area (Å²) in [5.41, 5.74) is -0.918. The number of aromatic hydroxyl groups is 2. The summed E-state index contributed by atoms with van der Waals surface area (Å²) in [4.78, 5) is 21.9. The average Bonchev–Trinajstić information content (AvgIpc) is 2.55. The number of hydrogen-bond acceptors (Lipinski definition) is 7. The van der Waals surface area contributed by atoms with Gasteiger partial charge in [-0.1, -0.05) is 13.5 Å². The van der Waals surface area contributed by atoms with E-state index in [4.69, 9.17) is 13.9 Å². The molecule has 2 heterocycles. The molecule has 0 unspecified atom stereocenters. The standard InChI is InChI=1S/C9H10O3.C7H8O4/c1-3-6-5-7(10)9(11)8(4-2)12-6;1-4-7(9)5(8)3-6(10-2)11-4/h3,5,11H,1,4H2,2H3;3,9H,1-2H3. The van der Waals surface area contributed by atoms with Crippen molar-refractivity contribution in [3.8, 4) is 17.4 Å². The minimum Gasteiger partial charge on any atom is -0.502 e. The molecule has 2 aromatic heterocycles. The molecule has 0 atom stereocenters. The van der Waals surface area contributed by atoms with Crippen LogP contribution in [0, 0.1) is 6.92 Å². The van der Waals surface area contributed by atoms with Crippen LogP contribution in [-0.4, -0.2) is 17.3 Å². The smallest absolute Gasteiger partial charge is 0.288 e. The monoisotopic (exact) mass is 322 g/mol. The molecular weight excluding hydrogens is 304 g/mol. The molecule has 124 valence electrons. The van der Waals surface area contributed by atoms with Gasteiger partial charge in [0.05, 0.1) is 13.2 Å². The Labute approximate surface area is 132 Å². The largest absolute Gasteiger partial charge is 0.502 e. The lowest BCUT2D eigenvalue weighted by Gasteiger charge is -2.00. The lowest BCUT2D eigenvalue weighted by molar-refractivity contribution is 0.278. The first-order chi connectivity index (χ1) is 10.8. The van der Waals surface area contributed by atoms with Crippen LogP contribution in [0.4, 0.5) is 0 Å². The second-order valence-corrected chi connectivity index (χ2v) is 4.38. The zero-order valence-electron chi connectivity index (χ0n) is 13.1. The summed E-state index contributed by atoms with van der Waals surface area (Å²) in [6.45, 7) is 6.74. The van der Waals surface area contributed by atoms with E-state index in [-0.39, 0.29) is 23.2 Å². The van der Waals surface area contributed by atoms with Gasteiger partial charge in [0.1, 0.15) is 11.5 Å². The first-order valence-electron chi connectivity index (χ1n) is 6.70. The third kappa shape index (κ3) is 4.50. The van der Waals surface area contributed by atoms with E-state index in [9.17, 15) is 14.7 Å². The molecule has 0 radical (unpaired) electrons. The normalized spacial score (nSPS) is 9.70. The van der Waals surface area contributed by atoms with Crippen molar-refractivity contribution in [3.05, 3.63) is 56.4 Å². The minimum atomic E-state index is -0.495. The molecular formula is C16H18O7. The Morgan fingerprint density at radius 3 is 2.26 bits per heavy atom. The highest BCUT2D eigenvalue weighted by atomic mass is 16.6. The zero-order valence-corrected chi connectivity index (χ0v) is 13.1. The Bertz CT molecular complexity index is 799. The maximum atomic E-state index is 11.0. The van der Waals surface area contributed by atoms with Crippen LogP contribution in [0.2, 0.25) is 0 Å². The van der Waals surface area contributed by atoms with E-state index in [1.54, 1.807) is 6.92 Å². The highest BCUT2D eigenvalue weighted by Crippen LogP contribution is 2.16. The van der Waals surface area contributed by atoms with Gasteiger partial charge in [-0.25, -0.2) is 0 Å². The summed E-state index contributed by atoms with van der Waals surface area (Å²) < 4.78 is 14.6. The van der Waals surface area contributed by atoms with Crippen LogP contribution in [0.1, 0.15) is 24.2 Å². The van der Waals surface area contributed by atoms with E-state index >= 15 is 0 Å². The van der Waals surface area contributed by atoms with Crippen LogP contribution in [0.5, 0.6) is 17.4 Å². The van der Waals surface area contributed by atoms with E-state index in [2.05, 4.69) is 11.3 Å². The van der Waals surface area contributed by atoms with E-state index in [0.717, 1.165) is 6.07 Å². The highest BCUT2D eigenvalue weighted by Gasteiger charge is 2.07. The van der Waals surface area contributed by atoms with Crippen LogP contribution in [-0.2, 0) is 6.42 Å². The van der Waals surface area contributed by atoms with Crippen molar-refractivity contribution in [2.75, 3.05) is 7.11 Å². The summed E-state index contributed by atoms with van der Waals surface area (Å²) in [6, 6.07) is 2.30. The SMILES string of the molecule is C=Cc1cc(=O)c(O)c(CC)o1.COc1cc(=O)c(O)c(C)o1. The van der Waals surface area contributed by atoms with Crippen LogP contribution in [0.3, 0.4) is 0 Å². The Kier molecular flexibility index (Phi) is 6.20. The molecule has 7 heteroatoms. The molecule has 0 spiro atoms. The van der Waals surface area contributed by atoms with E-state index in [1.165, 1.54) is 26.2 Å². The molecule has 0 aliphatic rings. The second kappa shape index (κ2) is 7.88. The number of methoxy groups -OCH3 is 1. The molecule has 23 heavy (non-hydrogen) atoms. The van der Waals surface area contributed by atoms with Crippen molar-refractivity contribution in [3.63, 3.8) is 0 Å². The first-order valence-corrected chi connectivity index (χ1v) is 6.70. The number of rotatable bonds is 3. The van der Waals surface area contributed by atoms with Gasteiger partial charge in [0, 0.05) is 12.5 Å². The third-order valence-electron chi connectivity index (χ3n) is 2.80. The van der Waals surface area contributed by atoms with Crippen molar-refractivity contribution in [1.82, 2.24) is 0 Å². The molecule has 0 fully saturated rings. The second-order valence-electron chi connectivity index (χ2n) is 4.38. The van der Waals surface area contributed by atoms with Crippen LogP contribution >= 0.6 is 0 Å². The quantitative estimate of drug-likeness (QED) is 0.891. The lowest BCUT2D eigenvalue weighted by atomic mass is 10.2. The topological polar surface area (TPSA) is 110 Å². The Hall–Kier alpha value is -2.96. The molecule has 0 aliphatic heterocycles. The van der Waals surface area contributed by atoms with Gasteiger partial charge >= 0.3 is 0 Å². The molecule has 0 aromatic carbocycles. The average molecular weight is 322 g/mol. The molecule has 2 aromatic rings. The summed E-state index contributed by atoms with van der Waals surface area (Å²) in [5.74, 6) is 0.278. The zero-order chi connectivity index (χ0) is 17.6. The Balaban J connectivity index is 0.000000231. The van der Waals surface area contributed by atoms with E-state index in [1.807, 2.05) is 0 Å². The van der Waals surface area contributed by atoms with Crippen LogP contribution in [0.25, 0.3) is 6.08 Å². The summed E-state index contributed by atoms with van der Waals surface area (Å²) in [7, 11) is 1.38. The van der Waals surface area contributed by atoms with Crippen molar-refractivity contribution < 1.29 is 23.8 Å².